The summed E-state index contributed by atoms with van der Waals surface area (Å²) in [5.74, 6) is -0.720. The second-order valence-corrected chi connectivity index (χ2v) is 13.5. The third-order valence-electron chi connectivity index (χ3n) is 9.76. The Morgan fingerprint density at radius 2 is 2.04 bits per heavy atom. The largest absolute Gasteiger partial charge is 0.475 e. The number of nitrogens with two attached hydrogens (primary N) is 2. The second-order valence-electron chi connectivity index (χ2n) is 12.4. The van der Waals surface area contributed by atoms with Gasteiger partial charge in [-0.1, -0.05) is 6.07 Å². The molecule has 7 heterocycles. The van der Waals surface area contributed by atoms with Gasteiger partial charge in [-0.2, -0.15) is 15.2 Å². The van der Waals surface area contributed by atoms with Gasteiger partial charge in [0.1, 0.15) is 64.5 Å². The zero-order valence-electron chi connectivity index (χ0n) is 25.8. The highest BCUT2D eigenvalue weighted by molar-refractivity contribution is 7.23. The highest BCUT2D eigenvalue weighted by Gasteiger charge is 2.49. The molecule has 3 aliphatic rings. The standard InChI is InChI=1S/C33H30F3N9O2S/c1-16(18-4-2-8-40-28(18)38)45-10-11-46-31-23-26(42-32(43-30(23)45)47-15-33-7-3-9-44(33)14-17(34)12-33)24(36)25(41-31)19-5-6-21(35)27-22(19)20(13-37)29(39)48-27/h2,4-6,8,16-17H,3,7,9-12,14-15,39H2,1H3,(H2,38,40)/t16-,17-,33+/m1/s1. The lowest BCUT2D eigenvalue weighted by atomic mass is 9.95. The summed E-state index contributed by atoms with van der Waals surface area (Å²) in [6.07, 6.45) is 2.67. The van der Waals surface area contributed by atoms with Crippen molar-refractivity contribution in [3.05, 3.63) is 53.2 Å². The van der Waals surface area contributed by atoms with E-state index in [2.05, 4.69) is 19.9 Å². The van der Waals surface area contributed by atoms with Crippen LogP contribution in [0.1, 0.15) is 43.4 Å². The number of aromatic nitrogens is 4. The number of hydrogen-bond donors (Lipinski definition) is 2. The number of halogens is 3. The Labute approximate surface area is 276 Å². The number of alkyl halides is 1. The van der Waals surface area contributed by atoms with E-state index in [4.69, 9.17) is 25.9 Å². The molecule has 8 rings (SSSR count). The first-order chi connectivity index (χ1) is 23.2. The normalized spacial score (nSPS) is 21.2. The van der Waals surface area contributed by atoms with Crippen molar-refractivity contribution in [2.45, 2.75) is 43.9 Å². The number of nitrogen functional groups attached to an aromatic ring is 2. The van der Waals surface area contributed by atoms with Gasteiger partial charge >= 0.3 is 6.01 Å². The van der Waals surface area contributed by atoms with Gasteiger partial charge in [0.05, 0.1) is 28.4 Å². The number of benzene rings is 1. The Morgan fingerprint density at radius 3 is 2.85 bits per heavy atom. The summed E-state index contributed by atoms with van der Waals surface area (Å²) in [7, 11) is 0. The first kappa shape index (κ1) is 30.4. The number of rotatable bonds is 6. The molecule has 0 bridgehead atoms. The molecular weight excluding hydrogens is 643 g/mol. The van der Waals surface area contributed by atoms with E-state index < -0.39 is 23.3 Å². The second kappa shape index (κ2) is 11.3. The van der Waals surface area contributed by atoms with Crippen molar-refractivity contribution in [2.75, 3.05) is 49.2 Å². The van der Waals surface area contributed by atoms with E-state index in [1.54, 1.807) is 12.3 Å². The summed E-state index contributed by atoms with van der Waals surface area (Å²) in [5.41, 5.74) is 12.4. The first-order valence-electron chi connectivity index (χ1n) is 15.6. The first-order valence-corrected chi connectivity index (χ1v) is 16.4. The van der Waals surface area contributed by atoms with Crippen LogP contribution in [-0.4, -0.2) is 69.4 Å². The quantitative estimate of drug-likeness (QED) is 0.234. The molecule has 2 saturated heterocycles. The molecule has 0 aliphatic carbocycles. The van der Waals surface area contributed by atoms with Crippen LogP contribution in [0, 0.1) is 23.0 Å². The third-order valence-corrected chi connectivity index (χ3v) is 10.8. The van der Waals surface area contributed by atoms with Crippen molar-refractivity contribution in [1.82, 2.24) is 24.8 Å². The Kier molecular flexibility index (Phi) is 7.18. The van der Waals surface area contributed by atoms with Crippen molar-refractivity contribution in [3.8, 4) is 29.2 Å². The minimum Gasteiger partial charge on any atom is -0.475 e. The van der Waals surface area contributed by atoms with E-state index in [-0.39, 0.29) is 74.0 Å². The van der Waals surface area contributed by atoms with Gasteiger partial charge in [0.25, 0.3) is 0 Å². The molecule has 0 radical (unpaired) electrons. The summed E-state index contributed by atoms with van der Waals surface area (Å²) in [6.45, 7) is 3.65. The number of nitrogens with zero attached hydrogens (tertiary/aromatic N) is 7. The fourth-order valence-corrected chi connectivity index (χ4v) is 8.43. The van der Waals surface area contributed by atoms with E-state index in [1.165, 1.54) is 12.1 Å². The van der Waals surface area contributed by atoms with Crippen LogP contribution >= 0.6 is 11.3 Å². The molecule has 0 saturated carbocycles. The molecule has 15 heteroatoms. The Morgan fingerprint density at radius 1 is 1.19 bits per heavy atom. The van der Waals surface area contributed by atoms with Gasteiger partial charge < -0.3 is 25.8 Å². The number of ether oxygens (including phenoxy) is 2. The van der Waals surface area contributed by atoms with Crippen LogP contribution in [0.5, 0.6) is 11.9 Å². The van der Waals surface area contributed by atoms with Gasteiger partial charge in [0.2, 0.25) is 5.88 Å². The Hall–Kier alpha value is -4.94. The highest BCUT2D eigenvalue weighted by Crippen LogP contribution is 2.46. The van der Waals surface area contributed by atoms with Crippen molar-refractivity contribution in [3.63, 3.8) is 0 Å². The predicted molar refractivity (Wildman–Crippen MR) is 176 cm³/mol. The van der Waals surface area contributed by atoms with Crippen LogP contribution in [0.2, 0.25) is 0 Å². The smallest absolute Gasteiger partial charge is 0.319 e. The van der Waals surface area contributed by atoms with Crippen molar-refractivity contribution < 1.29 is 22.6 Å². The molecule has 48 heavy (non-hydrogen) atoms. The fraction of sp³-hybridized carbons (Fsp3) is 0.364. The van der Waals surface area contributed by atoms with E-state index in [0.717, 1.165) is 36.3 Å². The van der Waals surface area contributed by atoms with Crippen LogP contribution in [-0.2, 0) is 0 Å². The van der Waals surface area contributed by atoms with E-state index in [9.17, 15) is 14.0 Å². The molecule has 5 aromatic rings. The molecule has 4 N–H and O–H groups in total. The molecule has 4 aromatic heterocycles. The topological polar surface area (TPSA) is 152 Å². The molecule has 0 unspecified atom stereocenters. The summed E-state index contributed by atoms with van der Waals surface area (Å²) in [6, 6.07) is 7.74. The van der Waals surface area contributed by atoms with E-state index in [0.29, 0.717) is 31.1 Å². The number of anilines is 3. The number of pyridine rings is 2. The summed E-state index contributed by atoms with van der Waals surface area (Å²) in [5, 5.41) is 10.4. The lowest BCUT2D eigenvalue weighted by Gasteiger charge is -2.32. The minimum atomic E-state index is -0.958. The molecule has 0 spiro atoms. The molecule has 246 valence electrons. The highest BCUT2D eigenvalue weighted by atomic mass is 32.1. The molecule has 3 atom stereocenters. The monoisotopic (exact) mass is 673 g/mol. The van der Waals surface area contributed by atoms with Gasteiger partial charge in [0.15, 0.2) is 5.82 Å². The molecule has 3 aliphatic heterocycles. The SMILES string of the molecule is C[C@H](c1cccnc1N)N1CCOc2nc(-c3ccc(F)c4sc(N)c(C#N)c34)c(F)c3nc(OC[C@@]45CCCN4C[C@H](F)C5)nc1c23. The van der Waals surface area contributed by atoms with Gasteiger partial charge in [-0.05, 0) is 44.5 Å². The molecule has 11 nitrogen and oxygen atoms in total. The molecule has 0 amide bonds. The maximum absolute atomic E-state index is 17.0. The third kappa shape index (κ3) is 4.65. The van der Waals surface area contributed by atoms with Crippen molar-refractivity contribution in [2.24, 2.45) is 0 Å². The average molecular weight is 674 g/mol. The fourth-order valence-electron chi connectivity index (χ4n) is 7.48. The zero-order valence-corrected chi connectivity index (χ0v) is 26.7. The van der Waals surface area contributed by atoms with Crippen LogP contribution in [0.15, 0.2) is 30.5 Å². The molecule has 2 fully saturated rings. The zero-order chi connectivity index (χ0) is 33.3. The predicted octanol–water partition coefficient (Wildman–Crippen LogP) is 5.53. The van der Waals surface area contributed by atoms with Crippen LogP contribution in [0.3, 0.4) is 0 Å². The molecule has 1 aromatic carbocycles. The van der Waals surface area contributed by atoms with Gasteiger partial charge in [0, 0.05) is 35.7 Å². The minimum absolute atomic E-state index is 0.0298. The van der Waals surface area contributed by atoms with Gasteiger partial charge in [-0.15, -0.1) is 11.3 Å². The van der Waals surface area contributed by atoms with E-state index in [1.807, 2.05) is 24.0 Å². The number of thiophene rings is 1. The lowest BCUT2D eigenvalue weighted by Crippen LogP contribution is -2.43. The maximum Gasteiger partial charge on any atom is 0.319 e. The maximum atomic E-state index is 17.0. The van der Waals surface area contributed by atoms with Crippen LogP contribution in [0.25, 0.3) is 32.2 Å². The molecular formula is C33H30F3N9O2S. The Bertz CT molecular complexity index is 2160. The van der Waals surface area contributed by atoms with Crippen LogP contribution in [0.4, 0.5) is 29.8 Å². The number of nitriles is 1. The lowest BCUT2D eigenvalue weighted by molar-refractivity contribution is 0.107. The van der Waals surface area contributed by atoms with Crippen molar-refractivity contribution in [1.29, 1.82) is 5.26 Å². The average Bonchev–Trinajstić information content (AvgIpc) is 3.67. The Balaban J connectivity index is 1.33. The summed E-state index contributed by atoms with van der Waals surface area (Å²) < 4.78 is 59.0. The van der Waals surface area contributed by atoms with Crippen molar-refractivity contribution >= 4 is 49.0 Å². The van der Waals surface area contributed by atoms with Gasteiger partial charge in [-0.25, -0.2) is 23.1 Å². The van der Waals surface area contributed by atoms with Crippen LogP contribution < -0.4 is 25.8 Å². The summed E-state index contributed by atoms with van der Waals surface area (Å²) >= 11 is 0.906. The number of fused-ring (bicyclic) bond motifs is 2. The van der Waals surface area contributed by atoms with Gasteiger partial charge in [-0.3, -0.25) is 4.90 Å². The number of hydrogen-bond acceptors (Lipinski definition) is 12. The van der Waals surface area contributed by atoms with E-state index >= 15 is 4.39 Å². The summed E-state index contributed by atoms with van der Waals surface area (Å²) in [4.78, 5) is 22.2.